The highest BCUT2D eigenvalue weighted by Gasteiger charge is 2.49. The predicted molar refractivity (Wildman–Crippen MR) is 101 cm³/mol. The lowest BCUT2D eigenvalue weighted by molar-refractivity contribution is -0.154. The van der Waals surface area contributed by atoms with Crippen LogP contribution in [0.3, 0.4) is 0 Å². The van der Waals surface area contributed by atoms with Gasteiger partial charge in [0.1, 0.15) is 11.4 Å². The SMILES string of the molecule is CCn1nccc1NC(=O)C1(C)CCN1C(=O)C/C=C/c1ccccc1. The van der Waals surface area contributed by atoms with Gasteiger partial charge in [0.2, 0.25) is 5.91 Å². The largest absolute Gasteiger partial charge is 0.328 e. The first kappa shape index (κ1) is 17.9. The van der Waals surface area contributed by atoms with Crippen molar-refractivity contribution in [2.24, 2.45) is 0 Å². The summed E-state index contributed by atoms with van der Waals surface area (Å²) in [7, 11) is 0. The minimum atomic E-state index is -0.805. The van der Waals surface area contributed by atoms with Crippen molar-refractivity contribution in [2.75, 3.05) is 11.9 Å². The fraction of sp³-hybridized carbons (Fsp3) is 0.350. The summed E-state index contributed by atoms with van der Waals surface area (Å²) in [6.07, 6.45) is 6.37. The van der Waals surface area contributed by atoms with Crippen molar-refractivity contribution in [1.29, 1.82) is 0 Å². The molecule has 1 aromatic heterocycles. The Kier molecular flexibility index (Phi) is 5.21. The van der Waals surface area contributed by atoms with E-state index in [1.165, 1.54) is 0 Å². The molecule has 0 bridgehead atoms. The number of hydrogen-bond donors (Lipinski definition) is 1. The van der Waals surface area contributed by atoms with Crippen LogP contribution in [-0.2, 0) is 16.1 Å². The van der Waals surface area contributed by atoms with Crippen molar-refractivity contribution < 1.29 is 9.59 Å². The molecule has 6 heteroatoms. The average molecular weight is 352 g/mol. The summed E-state index contributed by atoms with van der Waals surface area (Å²) in [5.41, 5.74) is 0.248. The zero-order chi connectivity index (χ0) is 18.6. The molecule has 2 amide bonds. The van der Waals surface area contributed by atoms with Crippen LogP contribution < -0.4 is 5.32 Å². The number of aromatic nitrogens is 2. The molecule has 1 fully saturated rings. The topological polar surface area (TPSA) is 67.2 Å². The summed E-state index contributed by atoms with van der Waals surface area (Å²) in [4.78, 5) is 26.9. The second-order valence-corrected chi connectivity index (χ2v) is 6.57. The summed E-state index contributed by atoms with van der Waals surface area (Å²) in [5.74, 6) is 0.450. The highest BCUT2D eigenvalue weighted by atomic mass is 16.2. The van der Waals surface area contributed by atoms with Gasteiger partial charge in [0.25, 0.3) is 5.91 Å². The minimum Gasteiger partial charge on any atom is -0.328 e. The standard InChI is InChI=1S/C20H24N4O2/c1-3-24-17(12-14-21-24)22-19(26)20(2)13-15-23(20)18(25)11-7-10-16-8-5-4-6-9-16/h4-10,12,14H,3,11,13,15H2,1-2H3,(H,22,26)/b10-7+. The van der Waals surface area contributed by atoms with Crippen molar-refractivity contribution in [3.63, 3.8) is 0 Å². The van der Waals surface area contributed by atoms with Crippen LogP contribution in [0, 0.1) is 0 Å². The van der Waals surface area contributed by atoms with Crippen molar-refractivity contribution in [2.45, 2.75) is 38.8 Å². The van der Waals surface area contributed by atoms with E-state index in [1.54, 1.807) is 21.8 Å². The number of aryl methyl sites for hydroxylation is 1. The van der Waals surface area contributed by atoms with Gasteiger partial charge < -0.3 is 10.2 Å². The molecule has 1 aliphatic heterocycles. The van der Waals surface area contributed by atoms with E-state index >= 15 is 0 Å². The van der Waals surface area contributed by atoms with E-state index in [0.29, 0.717) is 25.3 Å². The first-order valence-electron chi connectivity index (χ1n) is 8.90. The molecule has 0 radical (unpaired) electrons. The number of amides is 2. The van der Waals surface area contributed by atoms with Gasteiger partial charge in [-0.2, -0.15) is 5.10 Å². The van der Waals surface area contributed by atoms with Crippen LogP contribution in [0.5, 0.6) is 0 Å². The Hall–Kier alpha value is -2.89. The molecule has 1 aliphatic rings. The number of rotatable bonds is 6. The molecule has 6 nitrogen and oxygen atoms in total. The normalized spacial score (nSPS) is 19.4. The summed E-state index contributed by atoms with van der Waals surface area (Å²) >= 11 is 0. The fourth-order valence-electron chi connectivity index (χ4n) is 3.11. The van der Waals surface area contributed by atoms with Crippen molar-refractivity contribution in [3.8, 4) is 0 Å². The molecule has 0 spiro atoms. The van der Waals surface area contributed by atoms with Crippen molar-refractivity contribution >= 4 is 23.7 Å². The molecular formula is C20H24N4O2. The lowest BCUT2D eigenvalue weighted by Gasteiger charge is -2.49. The molecule has 1 N–H and O–H groups in total. The van der Waals surface area contributed by atoms with E-state index in [0.717, 1.165) is 5.56 Å². The third-order valence-corrected chi connectivity index (χ3v) is 4.87. The molecule has 1 atom stereocenters. The number of likely N-dealkylation sites (tertiary alicyclic amines) is 1. The Morgan fingerprint density at radius 2 is 2.04 bits per heavy atom. The van der Waals surface area contributed by atoms with E-state index in [-0.39, 0.29) is 18.2 Å². The molecule has 2 heterocycles. The van der Waals surface area contributed by atoms with E-state index in [2.05, 4.69) is 10.4 Å². The quantitative estimate of drug-likeness (QED) is 0.869. The Balaban J connectivity index is 1.61. The lowest BCUT2D eigenvalue weighted by Crippen LogP contribution is -2.66. The first-order valence-corrected chi connectivity index (χ1v) is 8.90. The molecular weight excluding hydrogens is 328 g/mol. The van der Waals surface area contributed by atoms with E-state index in [9.17, 15) is 9.59 Å². The van der Waals surface area contributed by atoms with Gasteiger partial charge in [0.05, 0.1) is 6.20 Å². The predicted octanol–water partition coefficient (Wildman–Crippen LogP) is 2.94. The van der Waals surface area contributed by atoms with Gasteiger partial charge in [-0.1, -0.05) is 42.5 Å². The van der Waals surface area contributed by atoms with Gasteiger partial charge in [0, 0.05) is 25.6 Å². The average Bonchev–Trinajstić information content (AvgIpc) is 3.08. The van der Waals surface area contributed by atoms with Gasteiger partial charge in [-0.15, -0.1) is 0 Å². The highest BCUT2D eigenvalue weighted by molar-refractivity contribution is 6.01. The molecule has 0 aliphatic carbocycles. The number of nitrogens with one attached hydrogen (secondary N) is 1. The molecule has 1 unspecified atom stereocenters. The third-order valence-electron chi connectivity index (χ3n) is 4.87. The van der Waals surface area contributed by atoms with Crippen molar-refractivity contribution in [3.05, 3.63) is 54.2 Å². The number of carbonyl (C=O) groups excluding carboxylic acids is 2. The van der Waals surface area contributed by atoms with E-state index in [1.807, 2.05) is 56.3 Å². The van der Waals surface area contributed by atoms with Gasteiger partial charge in [-0.3, -0.25) is 9.59 Å². The maximum absolute atomic E-state index is 12.7. The lowest BCUT2D eigenvalue weighted by atomic mass is 9.85. The molecule has 1 saturated heterocycles. The summed E-state index contributed by atoms with van der Waals surface area (Å²) in [6, 6.07) is 11.6. The summed E-state index contributed by atoms with van der Waals surface area (Å²) in [6.45, 7) is 5.06. The Morgan fingerprint density at radius 1 is 1.27 bits per heavy atom. The molecule has 0 saturated carbocycles. The Morgan fingerprint density at radius 3 is 2.69 bits per heavy atom. The van der Waals surface area contributed by atoms with Crippen LogP contribution in [0.2, 0.25) is 0 Å². The monoisotopic (exact) mass is 352 g/mol. The zero-order valence-corrected chi connectivity index (χ0v) is 15.2. The molecule has 2 aromatic rings. The summed E-state index contributed by atoms with van der Waals surface area (Å²) in [5, 5.41) is 7.05. The van der Waals surface area contributed by atoms with Crippen LogP contribution >= 0.6 is 0 Å². The van der Waals surface area contributed by atoms with Gasteiger partial charge >= 0.3 is 0 Å². The highest BCUT2D eigenvalue weighted by Crippen LogP contribution is 2.32. The first-order chi connectivity index (χ1) is 12.5. The van der Waals surface area contributed by atoms with Gasteiger partial charge in [-0.05, 0) is 25.8 Å². The van der Waals surface area contributed by atoms with Crippen LogP contribution in [-0.4, -0.2) is 38.6 Å². The van der Waals surface area contributed by atoms with Crippen LogP contribution in [0.15, 0.2) is 48.7 Å². The van der Waals surface area contributed by atoms with Crippen molar-refractivity contribution in [1.82, 2.24) is 14.7 Å². The van der Waals surface area contributed by atoms with Crippen LogP contribution in [0.4, 0.5) is 5.82 Å². The van der Waals surface area contributed by atoms with Crippen LogP contribution in [0.1, 0.15) is 32.3 Å². The molecule has 1 aromatic carbocycles. The number of carbonyl (C=O) groups is 2. The number of nitrogens with zero attached hydrogens (tertiary/aromatic N) is 3. The summed E-state index contributed by atoms with van der Waals surface area (Å²) < 4.78 is 1.72. The fourth-order valence-corrected chi connectivity index (χ4v) is 3.11. The van der Waals surface area contributed by atoms with Gasteiger partial charge in [-0.25, -0.2) is 4.68 Å². The second kappa shape index (κ2) is 7.56. The van der Waals surface area contributed by atoms with Crippen LogP contribution in [0.25, 0.3) is 6.08 Å². The maximum Gasteiger partial charge on any atom is 0.251 e. The molecule has 26 heavy (non-hydrogen) atoms. The van der Waals surface area contributed by atoms with E-state index < -0.39 is 5.54 Å². The minimum absolute atomic E-state index is 0.0370. The second-order valence-electron chi connectivity index (χ2n) is 6.57. The molecule has 136 valence electrons. The third kappa shape index (κ3) is 3.54. The Bertz CT molecular complexity index is 812. The van der Waals surface area contributed by atoms with E-state index in [4.69, 9.17) is 0 Å². The zero-order valence-electron chi connectivity index (χ0n) is 15.2. The number of benzene rings is 1. The molecule has 3 rings (SSSR count). The maximum atomic E-state index is 12.7. The van der Waals surface area contributed by atoms with Gasteiger partial charge in [0.15, 0.2) is 0 Å². The number of anilines is 1. The smallest absolute Gasteiger partial charge is 0.251 e. The number of hydrogen-bond acceptors (Lipinski definition) is 3. The Labute approximate surface area is 153 Å².